The fraction of sp³-hybridized carbons (Fsp3) is 1.00. The van der Waals surface area contributed by atoms with E-state index in [1.54, 1.807) is 0 Å². The van der Waals surface area contributed by atoms with Gasteiger partial charge in [-0.15, -0.1) is 0 Å². The molecule has 0 aromatic rings. The summed E-state index contributed by atoms with van der Waals surface area (Å²) in [6.07, 6.45) is 11.9. The van der Waals surface area contributed by atoms with Crippen molar-refractivity contribution in [3.05, 3.63) is 0 Å². The molecule has 0 aromatic heterocycles. The molecule has 0 saturated heterocycles. The summed E-state index contributed by atoms with van der Waals surface area (Å²) in [5.74, 6) is 0. The summed E-state index contributed by atoms with van der Waals surface area (Å²) in [5, 5.41) is 0. The van der Waals surface area contributed by atoms with Crippen molar-refractivity contribution in [2.75, 3.05) is 6.61 Å². The monoisotopic (exact) mass is 430 g/mol. The molecule has 12 heteroatoms. The van der Waals surface area contributed by atoms with E-state index in [1.165, 1.54) is 44.9 Å². The first kappa shape index (κ1) is 33.8. The minimum absolute atomic E-state index is 0. The van der Waals surface area contributed by atoms with Crippen molar-refractivity contribution in [2.24, 2.45) is 0 Å². The minimum atomic E-state index is -4.64. The van der Waals surface area contributed by atoms with E-state index in [1.807, 2.05) is 0 Å². The summed E-state index contributed by atoms with van der Waals surface area (Å²) in [7, 11) is -8.87. The summed E-state index contributed by atoms with van der Waals surface area (Å²) in [6.45, 7) is 2.31. The Morgan fingerprint density at radius 3 is 1.42 bits per heavy atom. The average Bonchev–Trinajstić information content (AvgIpc) is 2.32. The van der Waals surface area contributed by atoms with Crippen molar-refractivity contribution in [2.45, 2.75) is 71.1 Å². The molecule has 0 aliphatic carbocycles. The molecule has 4 N–H and O–H groups in total. The van der Waals surface area contributed by atoms with E-state index in [-0.39, 0.29) is 73.9 Å². The van der Waals surface area contributed by atoms with Gasteiger partial charge in [0.25, 0.3) is 0 Å². The van der Waals surface area contributed by atoms with Crippen LogP contribution >= 0.6 is 7.82 Å². The van der Waals surface area contributed by atoms with Crippen molar-refractivity contribution in [3.8, 4) is 0 Å². The van der Waals surface area contributed by atoms with Crippen LogP contribution in [0.2, 0.25) is 0 Å². The molecule has 0 heterocycles. The summed E-state index contributed by atoms with van der Waals surface area (Å²) in [6, 6.07) is 0. The first-order valence-electron chi connectivity index (χ1n) is 7.46. The molecule has 0 amide bonds. The van der Waals surface area contributed by atoms with Crippen LogP contribution in [-0.2, 0) is 19.1 Å². The van der Waals surface area contributed by atoms with Gasteiger partial charge in [-0.3, -0.25) is 4.55 Å². The van der Waals surface area contributed by atoms with Crippen LogP contribution in [0.3, 0.4) is 0 Å². The van der Waals surface area contributed by atoms with Crippen LogP contribution in [0.25, 0.3) is 0 Å². The van der Waals surface area contributed by atoms with Gasteiger partial charge in [0.05, 0.1) is 6.61 Å². The Labute approximate surface area is 197 Å². The summed E-state index contributed by atoms with van der Waals surface area (Å²) >= 11 is 0. The standard InChI is InChI=1S/C12H26O4S.Ca.Na.H3O4P.3H/c1-2-3-4-5-6-7-8-9-10-11-12-16-17(13,14)15;;;1-5(2,3)4;;;/h2-12H2,1H3,(H,13,14,15);;;(H3,1,2,3,4);;;. The third-order valence-corrected chi connectivity index (χ3v) is 3.19. The van der Waals surface area contributed by atoms with Gasteiger partial charge >= 0.3 is 85.5 Å². The van der Waals surface area contributed by atoms with Gasteiger partial charge in [-0.25, -0.2) is 8.75 Å². The second kappa shape index (κ2) is 21.5. The van der Waals surface area contributed by atoms with Crippen LogP contribution in [0.1, 0.15) is 71.1 Å². The summed E-state index contributed by atoms with van der Waals surface area (Å²) < 4.78 is 41.9. The van der Waals surface area contributed by atoms with Crippen LogP contribution in [-0.4, -0.2) is 102 Å². The molecule has 0 fully saturated rings. The molecule has 24 heavy (non-hydrogen) atoms. The first-order chi connectivity index (χ1) is 10.1. The van der Waals surface area contributed by atoms with Crippen LogP contribution in [0.4, 0.5) is 0 Å². The molecular weight excluding hydrogens is 398 g/mol. The van der Waals surface area contributed by atoms with Crippen molar-refractivity contribution < 1.29 is 36.4 Å². The zero-order valence-corrected chi connectivity index (χ0v) is 14.8. The predicted octanol–water partition coefficient (Wildman–Crippen LogP) is 1.23. The molecule has 0 atom stereocenters. The number of phosphoric acid groups is 1. The van der Waals surface area contributed by atoms with E-state index in [4.69, 9.17) is 23.8 Å². The number of hydrogen-bond donors (Lipinski definition) is 4. The molecule has 0 saturated carbocycles. The van der Waals surface area contributed by atoms with Gasteiger partial charge in [0.2, 0.25) is 0 Å². The predicted molar refractivity (Wildman–Crippen MR) is 99.3 cm³/mol. The van der Waals surface area contributed by atoms with Crippen LogP contribution in [0, 0.1) is 0 Å². The third kappa shape index (κ3) is 49.6. The first-order valence-corrected chi connectivity index (χ1v) is 10.4. The molecular formula is C12H32CaNaO8PS. The van der Waals surface area contributed by atoms with E-state index in [9.17, 15) is 8.42 Å². The molecule has 142 valence electrons. The SMILES string of the molecule is CCCCCCCCCCCCOS(=O)(=O)O.O=P(O)(O)O.[CaH2].[NaH]. The number of hydrogen-bond acceptors (Lipinski definition) is 4. The summed E-state index contributed by atoms with van der Waals surface area (Å²) in [5.41, 5.74) is 0. The van der Waals surface area contributed by atoms with E-state index >= 15 is 0 Å². The van der Waals surface area contributed by atoms with Crippen LogP contribution in [0.5, 0.6) is 0 Å². The Morgan fingerprint density at radius 1 is 0.833 bits per heavy atom. The van der Waals surface area contributed by atoms with Gasteiger partial charge in [-0.1, -0.05) is 64.7 Å². The van der Waals surface area contributed by atoms with Gasteiger partial charge in [0.15, 0.2) is 0 Å². The molecule has 0 rings (SSSR count). The van der Waals surface area contributed by atoms with Crippen LogP contribution < -0.4 is 0 Å². The second-order valence-corrected chi connectivity index (χ2v) is 7.06. The van der Waals surface area contributed by atoms with E-state index in [0.29, 0.717) is 6.42 Å². The van der Waals surface area contributed by atoms with E-state index in [0.717, 1.165) is 12.8 Å². The number of rotatable bonds is 12. The van der Waals surface area contributed by atoms with Gasteiger partial charge in [-0.2, -0.15) is 8.42 Å². The Bertz CT molecular complexity index is 382. The maximum absolute atomic E-state index is 10.2. The molecule has 0 radical (unpaired) electrons. The molecule has 8 nitrogen and oxygen atoms in total. The van der Waals surface area contributed by atoms with Crippen molar-refractivity contribution in [1.82, 2.24) is 0 Å². The van der Waals surface area contributed by atoms with Crippen LogP contribution in [0.15, 0.2) is 0 Å². The van der Waals surface area contributed by atoms with Gasteiger partial charge < -0.3 is 14.7 Å². The fourth-order valence-electron chi connectivity index (χ4n) is 1.75. The molecule has 0 spiro atoms. The molecule has 0 unspecified atom stereocenters. The second-order valence-electron chi connectivity index (χ2n) is 4.94. The Balaban J connectivity index is -0.000000250. The quantitative estimate of drug-likeness (QED) is 0.157. The average molecular weight is 430 g/mol. The fourth-order valence-corrected chi connectivity index (χ4v) is 2.08. The molecule has 0 bridgehead atoms. The normalized spacial score (nSPS) is 10.9. The van der Waals surface area contributed by atoms with Gasteiger partial charge in [0, 0.05) is 0 Å². The van der Waals surface area contributed by atoms with E-state index in [2.05, 4.69) is 11.1 Å². The zero-order valence-electron chi connectivity index (χ0n) is 13.1. The van der Waals surface area contributed by atoms with Gasteiger partial charge in [0.1, 0.15) is 0 Å². The zero-order chi connectivity index (χ0) is 17.5. The molecule has 0 aliphatic rings. The maximum atomic E-state index is 10.2. The third-order valence-electron chi connectivity index (χ3n) is 2.73. The van der Waals surface area contributed by atoms with Gasteiger partial charge in [-0.05, 0) is 6.42 Å². The van der Waals surface area contributed by atoms with Crippen molar-refractivity contribution in [3.63, 3.8) is 0 Å². The Hall–Kier alpha value is 2.24. The topological polar surface area (TPSA) is 141 Å². The Morgan fingerprint density at radius 2 is 1.12 bits per heavy atom. The molecule has 0 aromatic carbocycles. The summed E-state index contributed by atoms with van der Waals surface area (Å²) in [4.78, 5) is 21.6. The van der Waals surface area contributed by atoms with Crippen molar-refractivity contribution >= 4 is 85.5 Å². The molecule has 0 aliphatic heterocycles. The van der Waals surface area contributed by atoms with E-state index < -0.39 is 18.2 Å². The van der Waals surface area contributed by atoms with Crippen molar-refractivity contribution in [1.29, 1.82) is 0 Å². The number of unbranched alkanes of at least 4 members (excludes halogenated alkanes) is 9. The Kier molecular flexibility index (Phi) is 30.3.